The van der Waals surface area contributed by atoms with Gasteiger partial charge in [0.2, 0.25) is 11.9 Å². The van der Waals surface area contributed by atoms with E-state index in [0.29, 0.717) is 18.4 Å². The second-order valence-corrected chi connectivity index (χ2v) is 4.62. The zero-order chi connectivity index (χ0) is 14.4. The minimum atomic E-state index is -0.427. The Labute approximate surface area is 116 Å². The third-order valence-corrected chi connectivity index (χ3v) is 2.47. The standard InChI is InChI=1S/C13H18N6O/c1-9(2)16-12-17-11(18-13(20)19-12)15-8-6-10-5-3-4-7-14-10/h3-5,7,9H,6,8H2,1-2H3,(H3,15,16,17,18,19,20). The molecule has 0 bridgehead atoms. The van der Waals surface area contributed by atoms with Crippen molar-refractivity contribution in [2.75, 3.05) is 17.2 Å². The largest absolute Gasteiger partial charge is 0.354 e. The van der Waals surface area contributed by atoms with Crippen molar-refractivity contribution in [3.05, 3.63) is 40.6 Å². The molecule has 2 rings (SSSR count). The van der Waals surface area contributed by atoms with Crippen molar-refractivity contribution in [2.45, 2.75) is 26.3 Å². The van der Waals surface area contributed by atoms with E-state index in [1.54, 1.807) is 6.20 Å². The van der Waals surface area contributed by atoms with Gasteiger partial charge in [-0.1, -0.05) is 6.07 Å². The van der Waals surface area contributed by atoms with Crippen LogP contribution in [0.5, 0.6) is 0 Å². The van der Waals surface area contributed by atoms with E-state index in [0.717, 1.165) is 12.1 Å². The van der Waals surface area contributed by atoms with Gasteiger partial charge in [0.15, 0.2) is 0 Å². The molecule has 0 aromatic carbocycles. The van der Waals surface area contributed by atoms with Crippen molar-refractivity contribution in [3.63, 3.8) is 0 Å². The molecule has 0 saturated carbocycles. The molecule has 3 N–H and O–H groups in total. The zero-order valence-corrected chi connectivity index (χ0v) is 11.6. The minimum Gasteiger partial charge on any atom is -0.354 e. The number of hydrogen-bond acceptors (Lipinski definition) is 6. The lowest BCUT2D eigenvalue weighted by Gasteiger charge is -2.09. The Morgan fingerprint density at radius 3 is 2.85 bits per heavy atom. The lowest BCUT2D eigenvalue weighted by molar-refractivity contribution is 0.853. The summed E-state index contributed by atoms with van der Waals surface area (Å²) < 4.78 is 0. The molecule has 0 saturated heterocycles. The highest BCUT2D eigenvalue weighted by Gasteiger charge is 2.03. The number of pyridine rings is 1. The Bertz CT molecular complexity index is 595. The summed E-state index contributed by atoms with van der Waals surface area (Å²) in [7, 11) is 0. The SMILES string of the molecule is CC(C)Nc1nc(NCCc2ccccn2)nc(=O)[nH]1. The summed E-state index contributed by atoms with van der Waals surface area (Å²) in [5, 5.41) is 6.06. The number of nitrogens with one attached hydrogen (secondary N) is 3. The molecule has 0 amide bonds. The predicted molar refractivity (Wildman–Crippen MR) is 77.8 cm³/mol. The van der Waals surface area contributed by atoms with Gasteiger partial charge in [-0.2, -0.15) is 9.97 Å². The van der Waals surface area contributed by atoms with Crippen molar-refractivity contribution < 1.29 is 0 Å². The van der Waals surface area contributed by atoms with Gasteiger partial charge in [0.25, 0.3) is 0 Å². The molecule has 7 heteroatoms. The number of hydrogen-bond donors (Lipinski definition) is 3. The molecular weight excluding hydrogens is 256 g/mol. The van der Waals surface area contributed by atoms with E-state index in [9.17, 15) is 4.79 Å². The first-order valence-electron chi connectivity index (χ1n) is 6.52. The summed E-state index contributed by atoms with van der Waals surface area (Å²) in [5.74, 6) is 0.730. The Balaban J connectivity index is 1.95. The molecule has 0 aliphatic heterocycles. The Kier molecular flexibility index (Phi) is 4.65. The summed E-state index contributed by atoms with van der Waals surface area (Å²) >= 11 is 0. The van der Waals surface area contributed by atoms with E-state index < -0.39 is 5.69 Å². The van der Waals surface area contributed by atoms with Crippen LogP contribution < -0.4 is 16.3 Å². The van der Waals surface area contributed by atoms with Crippen LogP contribution in [-0.2, 0) is 6.42 Å². The number of rotatable bonds is 6. The van der Waals surface area contributed by atoms with Crippen LogP contribution in [0.25, 0.3) is 0 Å². The molecule has 0 fully saturated rings. The normalized spacial score (nSPS) is 10.6. The number of nitrogens with zero attached hydrogens (tertiary/aromatic N) is 3. The zero-order valence-electron chi connectivity index (χ0n) is 11.6. The maximum Gasteiger partial charge on any atom is 0.350 e. The van der Waals surface area contributed by atoms with Gasteiger partial charge in [0, 0.05) is 30.9 Å². The first kappa shape index (κ1) is 14.0. The highest BCUT2D eigenvalue weighted by Crippen LogP contribution is 2.02. The minimum absolute atomic E-state index is 0.182. The van der Waals surface area contributed by atoms with Crippen LogP contribution in [0, 0.1) is 0 Å². The summed E-state index contributed by atoms with van der Waals surface area (Å²) in [6.07, 6.45) is 2.49. The van der Waals surface area contributed by atoms with Gasteiger partial charge >= 0.3 is 5.69 Å². The molecule has 0 radical (unpaired) electrons. The average molecular weight is 274 g/mol. The highest BCUT2D eigenvalue weighted by atomic mass is 16.1. The first-order valence-corrected chi connectivity index (χ1v) is 6.52. The second-order valence-electron chi connectivity index (χ2n) is 4.62. The number of H-pyrrole nitrogens is 1. The molecule has 20 heavy (non-hydrogen) atoms. The molecule has 0 spiro atoms. The van der Waals surface area contributed by atoms with Crippen molar-refractivity contribution in [1.29, 1.82) is 0 Å². The van der Waals surface area contributed by atoms with E-state index in [4.69, 9.17) is 0 Å². The van der Waals surface area contributed by atoms with Gasteiger partial charge in [0.1, 0.15) is 0 Å². The van der Waals surface area contributed by atoms with Crippen LogP contribution in [0.2, 0.25) is 0 Å². The predicted octanol–water partition coefficient (Wildman–Crippen LogP) is 1.03. The molecule has 2 aromatic rings. The van der Waals surface area contributed by atoms with Gasteiger partial charge in [-0.3, -0.25) is 9.97 Å². The van der Waals surface area contributed by atoms with Gasteiger partial charge in [0.05, 0.1) is 0 Å². The molecule has 2 heterocycles. The molecule has 0 aliphatic rings. The molecule has 106 valence electrons. The van der Waals surface area contributed by atoms with Crippen LogP contribution >= 0.6 is 0 Å². The Morgan fingerprint density at radius 2 is 2.15 bits per heavy atom. The smallest absolute Gasteiger partial charge is 0.350 e. The van der Waals surface area contributed by atoms with Crippen molar-refractivity contribution in [2.24, 2.45) is 0 Å². The van der Waals surface area contributed by atoms with Crippen molar-refractivity contribution in [3.8, 4) is 0 Å². The molecule has 7 nitrogen and oxygen atoms in total. The van der Waals surface area contributed by atoms with Crippen molar-refractivity contribution in [1.82, 2.24) is 19.9 Å². The molecular formula is C13H18N6O. The Morgan fingerprint density at radius 1 is 1.30 bits per heavy atom. The third kappa shape index (κ3) is 4.34. The average Bonchev–Trinajstić information content (AvgIpc) is 2.38. The van der Waals surface area contributed by atoms with Gasteiger partial charge in [-0.15, -0.1) is 0 Å². The van der Waals surface area contributed by atoms with Gasteiger partial charge in [-0.25, -0.2) is 4.79 Å². The second kappa shape index (κ2) is 6.65. The third-order valence-electron chi connectivity index (χ3n) is 2.47. The van der Waals surface area contributed by atoms with E-state index in [2.05, 4.69) is 30.6 Å². The molecule has 2 aromatic heterocycles. The molecule has 0 unspecified atom stereocenters. The number of aromatic nitrogens is 4. The monoisotopic (exact) mass is 274 g/mol. The fraction of sp³-hybridized carbons (Fsp3) is 0.385. The van der Waals surface area contributed by atoms with E-state index >= 15 is 0 Å². The quantitative estimate of drug-likeness (QED) is 0.728. The van der Waals surface area contributed by atoms with E-state index in [1.165, 1.54) is 0 Å². The maximum absolute atomic E-state index is 11.4. The summed E-state index contributed by atoms with van der Waals surface area (Å²) in [6, 6.07) is 5.95. The van der Waals surface area contributed by atoms with E-state index in [-0.39, 0.29) is 6.04 Å². The van der Waals surface area contributed by atoms with Gasteiger partial charge in [-0.05, 0) is 26.0 Å². The molecule has 0 aliphatic carbocycles. The molecule has 0 atom stereocenters. The lowest BCUT2D eigenvalue weighted by Crippen LogP contribution is -2.22. The van der Waals surface area contributed by atoms with Crippen molar-refractivity contribution >= 4 is 11.9 Å². The van der Waals surface area contributed by atoms with E-state index in [1.807, 2.05) is 32.0 Å². The topological polar surface area (TPSA) is 95.6 Å². The first-order chi connectivity index (χ1) is 9.63. The van der Waals surface area contributed by atoms with Gasteiger partial charge < -0.3 is 10.6 Å². The fourth-order valence-electron chi connectivity index (χ4n) is 1.65. The fourth-order valence-corrected chi connectivity index (χ4v) is 1.65. The van der Waals surface area contributed by atoms with Crippen LogP contribution in [0.15, 0.2) is 29.2 Å². The van der Waals surface area contributed by atoms with Crippen LogP contribution in [0.4, 0.5) is 11.9 Å². The van der Waals surface area contributed by atoms with Crippen LogP contribution in [0.1, 0.15) is 19.5 Å². The van der Waals surface area contributed by atoms with Crippen LogP contribution in [0.3, 0.4) is 0 Å². The summed E-state index contributed by atoms with van der Waals surface area (Å²) in [5.41, 5.74) is 0.550. The maximum atomic E-state index is 11.4. The highest BCUT2D eigenvalue weighted by molar-refractivity contribution is 5.33. The number of anilines is 2. The lowest BCUT2D eigenvalue weighted by atomic mass is 10.3. The van der Waals surface area contributed by atoms with Crippen LogP contribution in [-0.4, -0.2) is 32.5 Å². The number of aromatic amines is 1. The summed E-state index contributed by atoms with van der Waals surface area (Å²) in [4.78, 5) is 26.2. The Hall–Kier alpha value is -2.44. The summed E-state index contributed by atoms with van der Waals surface area (Å²) in [6.45, 7) is 4.55.